The van der Waals surface area contributed by atoms with Crippen LogP contribution in [0.3, 0.4) is 0 Å². The second kappa shape index (κ2) is 6.14. The maximum Gasteiger partial charge on any atom is 0.0779 e. The molecule has 2 aliphatic heterocycles. The smallest absolute Gasteiger partial charge is 0.0779 e. The second-order valence-electron chi connectivity index (χ2n) is 5.65. The fourth-order valence-electron chi connectivity index (χ4n) is 2.65. The lowest BCUT2D eigenvalue weighted by atomic mass is 10.0. The Morgan fingerprint density at radius 2 is 2.35 bits per heavy atom. The number of hydrogen-bond donors (Lipinski definition) is 2. The van der Waals surface area contributed by atoms with Crippen molar-refractivity contribution in [1.82, 2.24) is 10.6 Å². The van der Waals surface area contributed by atoms with Gasteiger partial charge in [0.2, 0.25) is 0 Å². The molecule has 2 rings (SSSR count). The summed E-state index contributed by atoms with van der Waals surface area (Å²) in [7, 11) is 0. The predicted octanol–water partition coefficient (Wildman–Crippen LogP) is 0.912. The molecule has 0 aromatic heterocycles. The van der Waals surface area contributed by atoms with Crippen LogP contribution in [0, 0.1) is 0 Å². The molecule has 0 bridgehead atoms. The topological polar surface area (TPSA) is 42.5 Å². The third kappa shape index (κ3) is 4.21. The van der Waals surface area contributed by atoms with Gasteiger partial charge in [0.15, 0.2) is 0 Å². The van der Waals surface area contributed by atoms with Crippen molar-refractivity contribution in [2.24, 2.45) is 0 Å². The van der Waals surface area contributed by atoms with Crippen LogP contribution in [0.25, 0.3) is 0 Å². The zero-order valence-corrected chi connectivity index (χ0v) is 11.1. The summed E-state index contributed by atoms with van der Waals surface area (Å²) in [6.07, 6.45) is 3.50. The lowest BCUT2D eigenvalue weighted by molar-refractivity contribution is 0.0176. The normalized spacial score (nSPS) is 36.0. The van der Waals surface area contributed by atoms with Gasteiger partial charge in [-0.15, -0.1) is 0 Å². The Bertz CT molecular complexity index is 223. The Hall–Kier alpha value is -0.160. The van der Waals surface area contributed by atoms with Gasteiger partial charge in [0, 0.05) is 31.8 Å². The maximum atomic E-state index is 5.78. The first kappa shape index (κ1) is 13.3. The van der Waals surface area contributed by atoms with E-state index in [1.54, 1.807) is 0 Å². The molecule has 2 saturated heterocycles. The van der Waals surface area contributed by atoms with Gasteiger partial charge in [0.1, 0.15) is 0 Å². The first-order valence-corrected chi connectivity index (χ1v) is 6.86. The van der Waals surface area contributed by atoms with Crippen molar-refractivity contribution < 1.29 is 9.47 Å². The third-order valence-electron chi connectivity index (χ3n) is 3.76. The molecule has 0 saturated carbocycles. The van der Waals surface area contributed by atoms with E-state index < -0.39 is 0 Å². The van der Waals surface area contributed by atoms with Crippen molar-refractivity contribution in [3.8, 4) is 0 Å². The van der Waals surface area contributed by atoms with Gasteiger partial charge in [-0.2, -0.15) is 0 Å². The molecule has 0 radical (unpaired) electrons. The van der Waals surface area contributed by atoms with Crippen molar-refractivity contribution in [3.63, 3.8) is 0 Å². The number of hydrogen-bond acceptors (Lipinski definition) is 4. The molecule has 3 unspecified atom stereocenters. The van der Waals surface area contributed by atoms with Gasteiger partial charge >= 0.3 is 0 Å². The summed E-state index contributed by atoms with van der Waals surface area (Å²) in [4.78, 5) is 0. The summed E-state index contributed by atoms with van der Waals surface area (Å²) in [5.74, 6) is 0. The number of morpholine rings is 1. The van der Waals surface area contributed by atoms with Crippen LogP contribution in [0.15, 0.2) is 0 Å². The predicted molar refractivity (Wildman–Crippen MR) is 68.3 cm³/mol. The van der Waals surface area contributed by atoms with E-state index in [4.69, 9.17) is 9.47 Å². The lowest BCUT2D eigenvalue weighted by Crippen LogP contribution is -2.47. The van der Waals surface area contributed by atoms with E-state index in [-0.39, 0.29) is 5.60 Å². The Morgan fingerprint density at radius 1 is 1.47 bits per heavy atom. The number of rotatable bonds is 5. The summed E-state index contributed by atoms with van der Waals surface area (Å²) in [6.45, 7) is 9.02. The summed E-state index contributed by atoms with van der Waals surface area (Å²) in [5, 5.41) is 7.08. The minimum Gasteiger partial charge on any atom is -0.379 e. The van der Waals surface area contributed by atoms with Crippen molar-refractivity contribution in [3.05, 3.63) is 0 Å². The van der Waals surface area contributed by atoms with E-state index in [1.807, 2.05) is 0 Å². The lowest BCUT2D eigenvalue weighted by Gasteiger charge is -2.29. The zero-order valence-electron chi connectivity index (χ0n) is 11.1. The highest BCUT2D eigenvalue weighted by Crippen LogP contribution is 2.24. The van der Waals surface area contributed by atoms with Crippen LogP contribution in [0.5, 0.6) is 0 Å². The molecular weight excluding hydrogens is 216 g/mol. The van der Waals surface area contributed by atoms with Gasteiger partial charge in [0.25, 0.3) is 0 Å². The molecule has 4 nitrogen and oxygen atoms in total. The molecule has 100 valence electrons. The van der Waals surface area contributed by atoms with Crippen LogP contribution < -0.4 is 10.6 Å². The van der Waals surface area contributed by atoms with Crippen LogP contribution in [0.2, 0.25) is 0 Å². The zero-order chi connectivity index (χ0) is 12.1. The Morgan fingerprint density at radius 3 is 3.00 bits per heavy atom. The van der Waals surface area contributed by atoms with Crippen LogP contribution in [0.1, 0.15) is 33.1 Å². The largest absolute Gasteiger partial charge is 0.379 e. The summed E-state index contributed by atoms with van der Waals surface area (Å²) in [5.41, 5.74) is 0.0603. The summed E-state index contributed by atoms with van der Waals surface area (Å²) in [6, 6.07) is 1.01. The number of ether oxygens (including phenoxy) is 2. The SMILES string of the molecule is CC(CC1COCCN1)NCC1(C)CCCO1. The van der Waals surface area contributed by atoms with Crippen LogP contribution in [-0.4, -0.2) is 50.6 Å². The van der Waals surface area contributed by atoms with Crippen LogP contribution in [0.4, 0.5) is 0 Å². The highest BCUT2D eigenvalue weighted by molar-refractivity contribution is 4.84. The second-order valence-corrected chi connectivity index (χ2v) is 5.65. The van der Waals surface area contributed by atoms with Crippen molar-refractivity contribution >= 4 is 0 Å². The van der Waals surface area contributed by atoms with Crippen molar-refractivity contribution in [2.45, 2.75) is 50.8 Å². The van der Waals surface area contributed by atoms with Gasteiger partial charge < -0.3 is 20.1 Å². The van der Waals surface area contributed by atoms with Crippen LogP contribution in [-0.2, 0) is 9.47 Å². The van der Waals surface area contributed by atoms with Gasteiger partial charge in [-0.1, -0.05) is 0 Å². The van der Waals surface area contributed by atoms with Gasteiger partial charge in [0.05, 0.1) is 18.8 Å². The standard InChI is InChI=1S/C13H26N2O2/c1-11(8-12-9-16-7-5-14-12)15-10-13(2)4-3-6-17-13/h11-12,14-15H,3-10H2,1-2H3. The van der Waals surface area contributed by atoms with E-state index in [0.717, 1.165) is 39.3 Å². The summed E-state index contributed by atoms with van der Waals surface area (Å²) >= 11 is 0. The van der Waals surface area contributed by atoms with Crippen LogP contribution >= 0.6 is 0 Å². The average molecular weight is 242 g/mol. The van der Waals surface area contributed by atoms with Crippen molar-refractivity contribution in [2.75, 3.05) is 32.9 Å². The molecular formula is C13H26N2O2. The van der Waals surface area contributed by atoms with E-state index in [9.17, 15) is 0 Å². The molecule has 2 aliphatic rings. The Balaban J connectivity index is 1.64. The monoisotopic (exact) mass is 242 g/mol. The molecule has 4 heteroatoms. The molecule has 0 aromatic rings. The van der Waals surface area contributed by atoms with Gasteiger partial charge in [-0.25, -0.2) is 0 Å². The van der Waals surface area contributed by atoms with Gasteiger partial charge in [-0.05, 0) is 33.1 Å². The Labute approximate surface area is 104 Å². The van der Waals surface area contributed by atoms with Crippen molar-refractivity contribution in [1.29, 1.82) is 0 Å². The Kier molecular flexibility index (Phi) is 4.79. The fourth-order valence-corrected chi connectivity index (χ4v) is 2.65. The number of nitrogens with one attached hydrogen (secondary N) is 2. The molecule has 0 aromatic carbocycles. The van der Waals surface area contributed by atoms with E-state index in [2.05, 4.69) is 24.5 Å². The van der Waals surface area contributed by atoms with E-state index in [1.165, 1.54) is 12.8 Å². The highest BCUT2D eigenvalue weighted by Gasteiger charge is 2.30. The molecule has 2 heterocycles. The van der Waals surface area contributed by atoms with E-state index >= 15 is 0 Å². The molecule has 2 N–H and O–H groups in total. The third-order valence-corrected chi connectivity index (χ3v) is 3.76. The molecule has 17 heavy (non-hydrogen) atoms. The quantitative estimate of drug-likeness (QED) is 0.752. The molecule has 0 amide bonds. The molecule has 3 atom stereocenters. The van der Waals surface area contributed by atoms with Gasteiger partial charge in [-0.3, -0.25) is 0 Å². The highest BCUT2D eigenvalue weighted by atomic mass is 16.5. The average Bonchev–Trinajstić information content (AvgIpc) is 2.76. The first-order valence-electron chi connectivity index (χ1n) is 6.86. The minimum absolute atomic E-state index is 0.0603. The maximum absolute atomic E-state index is 5.78. The fraction of sp³-hybridized carbons (Fsp3) is 1.00. The first-order chi connectivity index (χ1) is 8.18. The summed E-state index contributed by atoms with van der Waals surface area (Å²) < 4.78 is 11.2. The van der Waals surface area contributed by atoms with E-state index in [0.29, 0.717) is 12.1 Å². The molecule has 0 spiro atoms. The molecule has 0 aliphatic carbocycles. The molecule has 2 fully saturated rings. The minimum atomic E-state index is 0.0603.